The molecule has 2 amide bonds. The molecule has 9 heteroatoms. The second-order valence-electron chi connectivity index (χ2n) is 7.07. The lowest BCUT2D eigenvalue weighted by atomic mass is 9.83. The fourth-order valence-electron chi connectivity index (χ4n) is 3.40. The molecule has 2 heterocycles. The van der Waals surface area contributed by atoms with E-state index < -0.39 is 17.4 Å². The van der Waals surface area contributed by atoms with Gasteiger partial charge in [-0.25, -0.2) is 14.0 Å². The van der Waals surface area contributed by atoms with E-state index in [4.69, 9.17) is 25.8 Å². The summed E-state index contributed by atoms with van der Waals surface area (Å²) in [7, 11) is 0. The van der Waals surface area contributed by atoms with Crippen molar-refractivity contribution in [2.45, 2.75) is 24.5 Å². The number of alkyl carbamates (subject to hydrolysis) is 1. The first-order valence-corrected chi connectivity index (χ1v) is 8.79. The molecule has 0 bridgehead atoms. The number of carbonyl (C=O) groups is 2. The summed E-state index contributed by atoms with van der Waals surface area (Å²) in [5.41, 5.74) is -0.450. The van der Waals surface area contributed by atoms with Gasteiger partial charge in [0.05, 0.1) is 19.7 Å². The van der Waals surface area contributed by atoms with Crippen molar-refractivity contribution in [2.75, 3.05) is 26.3 Å². The number of carbonyl (C=O) groups excluding carboxylic acids is 2. The fourth-order valence-corrected chi connectivity index (χ4v) is 3.56. The average Bonchev–Trinajstić information content (AvgIpc) is 2.91. The summed E-state index contributed by atoms with van der Waals surface area (Å²) in [4.78, 5) is 24.7. The van der Waals surface area contributed by atoms with Crippen molar-refractivity contribution in [3.8, 4) is 5.75 Å². The minimum Gasteiger partial charge on any atom is -0.490 e. The predicted octanol–water partition coefficient (Wildman–Crippen LogP) is 2.57. The lowest BCUT2D eigenvalue weighted by Crippen LogP contribution is -2.70. The number of hydrogen-bond donors (Lipinski definition) is 1. The van der Waals surface area contributed by atoms with Crippen LogP contribution in [0.1, 0.15) is 12.8 Å². The van der Waals surface area contributed by atoms with Crippen molar-refractivity contribution >= 4 is 23.8 Å². The molecule has 26 heavy (non-hydrogen) atoms. The van der Waals surface area contributed by atoms with Gasteiger partial charge in [0.25, 0.3) is 0 Å². The number of ether oxygens (including phenoxy) is 3. The van der Waals surface area contributed by atoms with Gasteiger partial charge < -0.3 is 24.4 Å². The topological polar surface area (TPSA) is 77.1 Å². The van der Waals surface area contributed by atoms with Crippen LogP contribution in [0.15, 0.2) is 18.2 Å². The summed E-state index contributed by atoms with van der Waals surface area (Å²) in [6.07, 6.45) is 0.374. The monoisotopic (exact) mass is 384 g/mol. The van der Waals surface area contributed by atoms with E-state index >= 15 is 0 Å². The number of cyclic esters (lactones) is 1. The van der Waals surface area contributed by atoms with E-state index in [2.05, 4.69) is 5.32 Å². The Morgan fingerprint density at radius 1 is 1.42 bits per heavy atom. The van der Waals surface area contributed by atoms with Gasteiger partial charge in [0.1, 0.15) is 18.2 Å². The van der Waals surface area contributed by atoms with Gasteiger partial charge in [-0.3, -0.25) is 0 Å². The van der Waals surface area contributed by atoms with Crippen molar-refractivity contribution in [2.24, 2.45) is 5.92 Å². The Labute approximate surface area is 154 Å². The van der Waals surface area contributed by atoms with Crippen LogP contribution in [-0.2, 0) is 9.47 Å². The third-order valence-corrected chi connectivity index (χ3v) is 5.16. The van der Waals surface area contributed by atoms with Crippen LogP contribution >= 0.6 is 11.6 Å². The largest absolute Gasteiger partial charge is 0.490 e. The molecular formula is C17H18ClFN2O5. The number of halogens is 2. The molecule has 0 atom stereocenters. The van der Waals surface area contributed by atoms with Gasteiger partial charge >= 0.3 is 12.2 Å². The molecule has 1 N–H and O–H groups in total. The smallest absolute Gasteiger partial charge is 0.410 e. The third-order valence-electron chi connectivity index (χ3n) is 4.92. The van der Waals surface area contributed by atoms with Crippen LogP contribution in [-0.4, -0.2) is 55.0 Å². The highest BCUT2D eigenvalue weighted by Gasteiger charge is 2.52. The van der Waals surface area contributed by atoms with Crippen LogP contribution in [0.2, 0.25) is 5.02 Å². The minimum absolute atomic E-state index is 0.155. The van der Waals surface area contributed by atoms with Gasteiger partial charge in [0.15, 0.2) is 11.6 Å². The molecule has 1 aromatic carbocycles. The molecule has 2 saturated heterocycles. The first-order valence-electron chi connectivity index (χ1n) is 8.41. The number of nitrogens with one attached hydrogen (secondary N) is 1. The number of benzene rings is 1. The van der Waals surface area contributed by atoms with Gasteiger partial charge in [0, 0.05) is 5.02 Å². The fraction of sp³-hybridized carbons (Fsp3) is 0.529. The summed E-state index contributed by atoms with van der Waals surface area (Å²) < 4.78 is 29.4. The van der Waals surface area contributed by atoms with Gasteiger partial charge in [0.2, 0.25) is 0 Å². The Morgan fingerprint density at radius 3 is 2.85 bits per heavy atom. The summed E-state index contributed by atoms with van der Waals surface area (Å²) in [6.45, 7) is 1.43. The van der Waals surface area contributed by atoms with Gasteiger partial charge in [-0.2, -0.15) is 0 Å². The Balaban J connectivity index is 1.15. The maximum Gasteiger partial charge on any atom is 0.410 e. The Bertz CT molecular complexity index is 734. The molecule has 1 saturated carbocycles. The number of rotatable bonds is 4. The van der Waals surface area contributed by atoms with E-state index in [0.717, 1.165) is 0 Å². The Hall–Kier alpha value is -2.22. The summed E-state index contributed by atoms with van der Waals surface area (Å²) in [5, 5.41) is 3.04. The summed E-state index contributed by atoms with van der Waals surface area (Å²) in [6, 6.07) is 4.28. The molecule has 3 aliphatic rings. The summed E-state index contributed by atoms with van der Waals surface area (Å²) in [5.74, 6) is -0.107. The van der Waals surface area contributed by atoms with E-state index in [1.54, 1.807) is 11.0 Å². The molecule has 140 valence electrons. The van der Waals surface area contributed by atoms with Crippen LogP contribution < -0.4 is 10.1 Å². The molecule has 0 unspecified atom stereocenters. The Kier molecular flexibility index (Phi) is 4.30. The van der Waals surface area contributed by atoms with Crippen molar-refractivity contribution < 1.29 is 28.2 Å². The molecule has 3 fully saturated rings. The Morgan fingerprint density at radius 2 is 2.19 bits per heavy atom. The first kappa shape index (κ1) is 17.2. The van der Waals surface area contributed by atoms with Gasteiger partial charge in [-0.1, -0.05) is 11.6 Å². The number of nitrogens with zero attached hydrogens (tertiary/aromatic N) is 1. The standard InChI is InChI=1S/C17H18ClFN2O5/c18-11-1-2-14(13(19)5-11)24-6-10-3-12(4-10)26-16(23)21-7-17(8-21)9-25-15(22)20-17/h1-2,5,10,12H,3-4,6-9H2,(H,20,22)/t10-,12+. The summed E-state index contributed by atoms with van der Waals surface area (Å²) >= 11 is 5.70. The molecule has 1 spiro atoms. The highest BCUT2D eigenvalue weighted by atomic mass is 35.5. The second kappa shape index (κ2) is 6.50. The SMILES string of the molecule is O=C1NC2(CO1)CN(C(=O)O[C@H]1C[C@@H](COc3ccc(Cl)cc3F)C1)C2. The molecule has 0 radical (unpaired) electrons. The van der Waals surface area contributed by atoms with E-state index in [1.165, 1.54) is 12.1 Å². The highest BCUT2D eigenvalue weighted by molar-refractivity contribution is 6.30. The molecule has 2 aliphatic heterocycles. The van der Waals surface area contributed by atoms with Crippen molar-refractivity contribution in [3.05, 3.63) is 29.0 Å². The number of amides is 2. The van der Waals surface area contributed by atoms with Crippen LogP contribution in [0.4, 0.5) is 14.0 Å². The van der Waals surface area contributed by atoms with Gasteiger partial charge in [-0.05, 0) is 37.0 Å². The zero-order valence-electron chi connectivity index (χ0n) is 13.9. The zero-order chi connectivity index (χ0) is 18.3. The second-order valence-corrected chi connectivity index (χ2v) is 7.50. The number of likely N-dealkylation sites (tertiary alicyclic amines) is 1. The van der Waals surface area contributed by atoms with E-state index in [9.17, 15) is 14.0 Å². The average molecular weight is 385 g/mol. The quantitative estimate of drug-likeness (QED) is 0.863. The first-order chi connectivity index (χ1) is 12.4. The number of hydrogen-bond acceptors (Lipinski definition) is 5. The van der Waals surface area contributed by atoms with Crippen LogP contribution in [0.3, 0.4) is 0 Å². The lowest BCUT2D eigenvalue weighted by Gasteiger charge is -2.46. The molecule has 7 nitrogen and oxygen atoms in total. The normalized spacial score (nSPS) is 25.8. The molecule has 0 aromatic heterocycles. The molecule has 1 aliphatic carbocycles. The van der Waals surface area contributed by atoms with Crippen molar-refractivity contribution in [1.82, 2.24) is 10.2 Å². The predicted molar refractivity (Wildman–Crippen MR) is 88.7 cm³/mol. The molecular weight excluding hydrogens is 367 g/mol. The maximum atomic E-state index is 13.6. The van der Waals surface area contributed by atoms with E-state index in [-0.39, 0.29) is 30.5 Å². The van der Waals surface area contributed by atoms with Crippen molar-refractivity contribution in [3.63, 3.8) is 0 Å². The van der Waals surface area contributed by atoms with Crippen molar-refractivity contribution in [1.29, 1.82) is 0 Å². The van der Waals surface area contributed by atoms with Gasteiger partial charge in [-0.15, -0.1) is 0 Å². The third kappa shape index (κ3) is 3.38. The minimum atomic E-state index is -0.491. The molecule has 1 aromatic rings. The van der Waals surface area contributed by atoms with E-state index in [1.807, 2.05) is 0 Å². The molecule has 4 rings (SSSR count). The lowest BCUT2D eigenvalue weighted by molar-refractivity contribution is -0.0360. The maximum absolute atomic E-state index is 13.6. The zero-order valence-corrected chi connectivity index (χ0v) is 14.6. The highest BCUT2D eigenvalue weighted by Crippen LogP contribution is 2.33. The van der Waals surface area contributed by atoms with E-state index in [0.29, 0.717) is 37.6 Å². The van der Waals surface area contributed by atoms with Crippen LogP contribution in [0, 0.1) is 11.7 Å². The van der Waals surface area contributed by atoms with Crippen LogP contribution in [0.5, 0.6) is 5.75 Å². The van der Waals surface area contributed by atoms with Crippen LogP contribution in [0.25, 0.3) is 0 Å².